The van der Waals surface area contributed by atoms with E-state index in [2.05, 4.69) is 36.3 Å². The summed E-state index contributed by atoms with van der Waals surface area (Å²) in [6.07, 6.45) is 2.75. The van der Waals surface area contributed by atoms with E-state index in [4.69, 9.17) is 11.6 Å². The van der Waals surface area contributed by atoms with Crippen molar-refractivity contribution in [2.75, 3.05) is 20.1 Å². The molecule has 1 saturated carbocycles. The first-order valence-corrected chi connectivity index (χ1v) is 6.70. The van der Waals surface area contributed by atoms with Gasteiger partial charge in [-0.05, 0) is 44.0 Å². The number of rotatable bonds is 6. The molecule has 2 rings (SSSR count). The number of hydrogen-bond acceptors (Lipinski definition) is 2. The molecule has 1 aliphatic rings. The lowest BCUT2D eigenvalue weighted by Gasteiger charge is -2.16. The number of likely N-dealkylation sites (N-methyl/N-ethyl adjacent to an activating group) is 1. The van der Waals surface area contributed by atoms with E-state index in [-0.39, 0.29) is 0 Å². The van der Waals surface area contributed by atoms with Crippen molar-refractivity contribution in [1.29, 1.82) is 0 Å². The van der Waals surface area contributed by atoms with E-state index in [1.54, 1.807) is 0 Å². The molecule has 0 amide bonds. The van der Waals surface area contributed by atoms with Crippen molar-refractivity contribution < 1.29 is 0 Å². The summed E-state index contributed by atoms with van der Waals surface area (Å²) < 4.78 is 0. The minimum atomic E-state index is 0.847. The first kappa shape index (κ1) is 12.9. The zero-order valence-corrected chi connectivity index (χ0v) is 11.4. The van der Waals surface area contributed by atoms with Crippen LogP contribution in [0.3, 0.4) is 0 Å². The highest BCUT2D eigenvalue weighted by Crippen LogP contribution is 2.24. The second-order valence-corrected chi connectivity index (χ2v) is 5.39. The Morgan fingerprint density at radius 2 is 2.18 bits per heavy atom. The summed E-state index contributed by atoms with van der Waals surface area (Å²) >= 11 is 6.18. The Bertz CT molecular complexity index is 374. The summed E-state index contributed by atoms with van der Waals surface area (Å²) in [5, 5.41) is 4.32. The van der Waals surface area contributed by atoms with E-state index in [1.165, 1.54) is 24.0 Å². The van der Waals surface area contributed by atoms with Crippen LogP contribution < -0.4 is 5.32 Å². The predicted octanol–water partition coefficient (Wildman–Crippen LogP) is 2.83. The number of halogens is 1. The molecule has 0 spiro atoms. The fourth-order valence-electron chi connectivity index (χ4n) is 1.97. The average molecular weight is 253 g/mol. The van der Waals surface area contributed by atoms with Gasteiger partial charge in [0.2, 0.25) is 0 Å². The Morgan fingerprint density at radius 3 is 2.82 bits per heavy atom. The van der Waals surface area contributed by atoms with Gasteiger partial charge < -0.3 is 10.2 Å². The maximum Gasteiger partial charge on any atom is 0.0453 e. The van der Waals surface area contributed by atoms with Crippen LogP contribution >= 0.6 is 11.6 Å². The summed E-state index contributed by atoms with van der Waals surface area (Å²) in [4.78, 5) is 2.43. The molecule has 1 aromatic carbocycles. The van der Waals surface area contributed by atoms with Gasteiger partial charge in [-0.3, -0.25) is 0 Å². The highest BCUT2D eigenvalue weighted by Gasteiger charge is 2.25. The van der Waals surface area contributed by atoms with Gasteiger partial charge >= 0.3 is 0 Å². The minimum absolute atomic E-state index is 0.847. The fourth-order valence-corrected chi connectivity index (χ4v) is 2.27. The molecular weight excluding hydrogens is 232 g/mol. The lowest BCUT2D eigenvalue weighted by Crippen LogP contribution is -2.30. The minimum Gasteiger partial charge on any atom is -0.311 e. The standard InChI is InChI=1S/C14H21ClN2/c1-11-3-4-12(14(15)9-11)10-16-7-8-17(2)13-5-6-13/h3-4,9,13,16H,5-8,10H2,1-2H3. The molecule has 17 heavy (non-hydrogen) atoms. The largest absolute Gasteiger partial charge is 0.311 e. The highest BCUT2D eigenvalue weighted by molar-refractivity contribution is 6.31. The Morgan fingerprint density at radius 1 is 1.41 bits per heavy atom. The molecule has 0 saturated heterocycles. The monoisotopic (exact) mass is 252 g/mol. The Kier molecular flexibility index (Phi) is 4.43. The summed E-state index contributed by atoms with van der Waals surface area (Å²) in [5.41, 5.74) is 2.40. The number of benzene rings is 1. The zero-order valence-electron chi connectivity index (χ0n) is 10.7. The van der Waals surface area contributed by atoms with Gasteiger partial charge in [0, 0.05) is 30.7 Å². The molecule has 1 N–H and O–H groups in total. The summed E-state index contributed by atoms with van der Waals surface area (Å²) in [5.74, 6) is 0. The van der Waals surface area contributed by atoms with Crippen molar-refractivity contribution in [3.05, 3.63) is 34.3 Å². The van der Waals surface area contributed by atoms with Crippen LogP contribution in [-0.4, -0.2) is 31.1 Å². The smallest absolute Gasteiger partial charge is 0.0453 e. The van der Waals surface area contributed by atoms with Crippen molar-refractivity contribution in [2.45, 2.75) is 32.4 Å². The molecule has 0 unspecified atom stereocenters. The van der Waals surface area contributed by atoms with E-state index in [0.29, 0.717) is 0 Å². The number of nitrogens with one attached hydrogen (secondary N) is 1. The van der Waals surface area contributed by atoms with Gasteiger partial charge in [0.1, 0.15) is 0 Å². The van der Waals surface area contributed by atoms with Gasteiger partial charge in [-0.25, -0.2) is 0 Å². The van der Waals surface area contributed by atoms with E-state index in [0.717, 1.165) is 30.7 Å². The van der Waals surface area contributed by atoms with Crippen molar-refractivity contribution in [3.8, 4) is 0 Å². The molecule has 1 fully saturated rings. The van der Waals surface area contributed by atoms with Crippen molar-refractivity contribution in [1.82, 2.24) is 10.2 Å². The third-order valence-corrected chi connectivity index (χ3v) is 3.69. The molecular formula is C14H21ClN2. The van der Waals surface area contributed by atoms with Gasteiger partial charge in [0.15, 0.2) is 0 Å². The van der Waals surface area contributed by atoms with Crippen LogP contribution in [0, 0.1) is 6.92 Å². The SMILES string of the molecule is Cc1ccc(CNCCN(C)C2CC2)c(Cl)c1. The van der Waals surface area contributed by atoms with E-state index < -0.39 is 0 Å². The normalized spacial score (nSPS) is 15.5. The Balaban J connectivity index is 1.70. The second kappa shape index (κ2) is 5.85. The van der Waals surface area contributed by atoms with Crippen LogP contribution in [0.1, 0.15) is 24.0 Å². The van der Waals surface area contributed by atoms with E-state index in [9.17, 15) is 0 Å². The van der Waals surface area contributed by atoms with E-state index in [1.807, 2.05) is 6.07 Å². The van der Waals surface area contributed by atoms with Gasteiger partial charge in [-0.15, -0.1) is 0 Å². The summed E-state index contributed by atoms with van der Waals surface area (Å²) in [7, 11) is 2.21. The van der Waals surface area contributed by atoms with Gasteiger partial charge in [-0.2, -0.15) is 0 Å². The molecule has 3 heteroatoms. The topological polar surface area (TPSA) is 15.3 Å². The maximum atomic E-state index is 6.18. The fraction of sp³-hybridized carbons (Fsp3) is 0.571. The second-order valence-electron chi connectivity index (χ2n) is 4.98. The molecule has 0 heterocycles. The van der Waals surface area contributed by atoms with Crippen molar-refractivity contribution in [2.24, 2.45) is 0 Å². The zero-order chi connectivity index (χ0) is 12.3. The Hall–Kier alpha value is -0.570. The number of hydrogen-bond donors (Lipinski definition) is 1. The highest BCUT2D eigenvalue weighted by atomic mass is 35.5. The molecule has 0 bridgehead atoms. The maximum absolute atomic E-state index is 6.18. The van der Waals surface area contributed by atoms with Crippen LogP contribution in [0.15, 0.2) is 18.2 Å². The van der Waals surface area contributed by atoms with Crippen molar-refractivity contribution in [3.63, 3.8) is 0 Å². The number of aryl methyl sites for hydroxylation is 1. The van der Waals surface area contributed by atoms with Crippen LogP contribution in [0.25, 0.3) is 0 Å². The third kappa shape index (κ3) is 3.98. The molecule has 94 valence electrons. The molecule has 0 radical (unpaired) electrons. The first-order chi connectivity index (χ1) is 8.16. The molecule has 0 aliphatic heterocycles. The molecule has 1 aliphatic carbocycles. The van der Waals surface area contributed by atoms with Crippen molar-refractivity contribution >= 4 is 11.6 Å². The summed E-state index contributed by atoms with van der Waals surface area (Å²) in [6, 6.07) is 7.09. The summed E-state index contributed by atoms with van der Waals surface area (Å²) in [6.45, 7) is 5.07. The van der Waals surface area contributed by atoms with Crippen LogP contribution in [-0.2, 0) is 6.54 Å². The van der Waals surface area contributed by atoms with Crippen LogP contribution in [0.2, 0.25) is 5.02 Å². The lowest BCUT2D eigenvalue weighted by molar-refractivity contribution is 0.321. The Labute approximate surface area is 109 Å². The molecule has 1 aromatic rings. The quantitative estimate of drug-likeness (QED) is 0.784. The molecule has 2 nitrogen and oxygen atoms in total. The molecule has 0 aromatic heterocycles. The first-order valence-electron chi connectivity index (χ1n) is 6.33. The van der Waals surface area contributed by atoms with Gasteiger partial charge in [0.05, 0.1) is 0 Å². The van der Waals surface area contributed by atoms with Crippen LogP contribution in [0.4, 0.5) is 0 Å². The van der Waals surface area contributed by atoms with Crippen LogP contribution in [0.5, 0.6) is 0 Å². The average Bonchev–Trinajstić information content (AvgIpc) is 3.10. The lowest BCUT2D eigenvalue weighted by atomic mass is 10.1. The number of nitrogens with zero attached hydrogens (tertiary/aromatic N) is 1. The third-order valence-electron chi connectivity index (χ3n) is 3.34. The van der Waals surface area contributed by atoms with Gasteiger partial charge in [-0.1, -0.05) is 23.7 Å². The molecule has 0 atom stereocenters. The van der Waals surface area contributed by atoms with E-state index >= 15 is 0 Å². The van der Waals surface area contributed by atoms with Gasteiger partial charge in [0.25, 0.3) is 0 Å². The predicted molar refractivity (Wildman–Crippen MR) is 73.5 cm³/mol.